The minimum Gasteiger partial charge on any atom is -0.483 e. The molecule has 0 amide bonds. The number of alkyl halides is 3. The molecule has 0 aliphatic carbocycles. The van der Waals surface area contributed by atoms with Crippen molar-refractivity contribution in [1.29, 1.82) is 0 Å². The largest absolute Gasteiger partial charge is 0.483 e. The quantitative estimate of drug-likeness (QED) is 0.390. The monoisotopic (exact) mass is 431 g/mol. The Bertz CT molecular complexity index is 1080. The average Bonchev–Trinajstić information content (AvgIpc) is 3.36. The molecule has 162 valence electrons. The van der Waals surface area contributed by atoms with Crippen molar-refractivity contribution in [3.05, 3.63) is 60.3 Å². The van der Waals surface area contributed by atoms with Gasteiger partial charge in [0.1, 0.15) is 5.75 Å². The van der Waals surface area contributed by atoms with Crippen molar-refractivity contribution in [2.45, 2.75) is 13.1 Å². The van der Waals surface area contributed by atoms with E-state index in [0.717, 1.165) is 16.8 Å². The van der Waals surface area contributed by atoms with E-state index in [0.29, 0.717) is 17.2 Å². The number of hydrogen-bond donors (Lipinski definition) is 3. The molecular formula is C20H20F3N7O. The number of halogens is 3. The van der Waals surface area contributed by atoms with Crippen LogP contribution in [0.5, 0.6) is 5.75 Å². The van der Waals surface area contributed by atoms with Crippen molar-refractivity contribution in [3.63, 3.8) is 0 Å². The van der Waals surface area contributed by atoms with Crippen LogP contribution in [0.1, 0.15) is 11.3 Å². The predicted octanol–water partition coefficient (Wildman–Crippen LogP) is 3.93. The Morgan fingerprint density at radius 3 is 2.74 bits per heavy atom. The zero-order chi connectivity index (χ0) is 22.4. The van der Waals surface area contributed by atoms with Crippen LogP contribution in [0.3, 0.4) is 0 Å². The summed E-state index contributed by atoms with van der Waals surface area (Å²) >= 11 is 0. The van der Waals surface area contributed by atoms with Gasteiger partial charge in [0, 0.05) is 31.2 Å². The lowest BCUT2D eigenvalue weighted by Crippen LogP contribution is -2.25. The number of rotatable bonds is 7. The Balaban J connectivity index is 1.91. The second-order valence-electron chi connectivity index (χ2n) is 6.43. The molecule has 8 nitrogen and oxygen atoms in total. The SMILES string of the molecule is C=C(C=NC)NC(=Nc1ccc(OCC(F)(F)F)cn1)c1[nH]cc(-c2ccn[nH]2)c1C. The molecule has 3 heterocycles. The molecule has 3 rings (SSSR count). The zero-order valence-electron chi connectivity index (χ0n) is 16.8. The van der Waals surface area contributed by atoms with Gasteiger partial charge in [-0.15, -0.1) is 0 Å². The number of ether oxygens (including phenoxy) is 1. The van der Waals surface area contributed by atoms with Gasteiger partial charge in [-0.25, -0.2) is 9.98 Å². The normalized spacial score (nSPS) is 12.4. The highest BCUT2D eigenvalue weighted by Crippen LogP contribution is 2.25. The molecule has 0 saturated heterocycles. The summed E-state index contributed by atoms with van der Waals surface area (Å²) < 4.78 is 41.6. The van der Waals surface area contributed by atoms with Crippen molar-refractivity contribution < 1.29 is 17.9 Å². The van der Waals surface area contributed by atoms with Gasteiger partial charge in [0.05, 0.1) is 23.3 Å². The number of amidine groups is 1. The summed E-state index contributed by atoms with van der Waals surface area (Å²) in [4.78, 5) is 15.7. The Kier molecular flexibility index (Phi) is 6.53. The number of pyridine rings is 1. The van der Waals surface area contributed by atoms with Crippen molar-refractivity contribution in [2.75, 3.05) is 13.7 Å². The average molecular weight is 431 g/mol. The van der Waals surface area contributed by atoms with E-state index in [1.165, 1.54) is 24.5 Å². The molecule has 0 aliphatic heterocycles. The van der Waals surface area contributed by atoms with E-state index in [4.69, 9.17) is 0 Å². The Hall–Kier alpha value is -3.89. The Labute approximate surface area is 176 Å². The molecule has 0 fully saturated rings. The molecular weight excluding hydrogens is 411 g/mol. The Morgan fingerprint density at radius 2 is 2.13 bits per heavy atom. The summed E-state index contributed by atoms with van der Waals surface area (Å²) in [6.45, 7) is 4.40. The van der Waals surface area contributed by atoms with Crippen LogP contribution < -0.4 is 10.1 Å². The summed E-state index contributed by atoms with van der Waals surface area (Å²) in [5, 5.41) is 9.95. The second-order valence-corrected chi connectivity index (χ2v) is 6.43. The number of nitrogens with one attached hydrogen (secondary N) is 3. The van der Waals surface area contributed by atoms with Crippen LogP contribution in [0.15, 0.2) is 59.1 Å². The number of H-pyrrole nitrogens is 2. The maximum absolute atomic E-state index is 12.3. The number of aromatic nitrogens is 4. The van der Waals surface area contributed by atoms with Gasteiger partial charge in [0.25, 0.3) is 0 Å². The van der Waals surface area contributed by atoms with E-state index in [1.807, 2.05) is 19.2 Å². The number of aromatic amines is 2. The van der Waals surface area contributed by atoms with Crippen LogP contribution >= 0.6 is 0 Å². The first kappa shape index (κ1) is 21.8. The third kappa shape index (κ3) is 5.81. The molecule has 31 heavy (non-hydrogen) atoms. The highest BCUT2D eigenvalue weighted by molar-refractivity contribution is 6.04. The van der Waals surface area contributed by atoms with Gasteiger partial charge in [0.15, 0.2) is 18.3 Å². The van der Waals surface area contributed by atoms with E-state index >= 15 is 0 Å². The van der Waals surface area contributed by atoms with E-state index in [2.05, 4.69) is 46.8 Å². The number of allylic oxidation sites excluding steroid dienone is 1. The van der Waals surface area contributed by atoms with Gasteiger partial charge in [-0.1, -0.05) is 6.58 Å². The van der Waals surface area contributed by atoms with Gasteiger partial charge in [-0.3, -0.25) is 10.1 Å². The molecule has 3 aromatic heterocycles. The molecule has 0 unspecified atom stereocenters. The van der Waals surface area contributed by atoms with Crippen LogP contribution in [0.25, 0.3) is 11.3 Å². The van der Waals surface area contributed by atoms with Crippen molar-refractivity contribution in [1.82, 2.24) is 25.5 Å². The molecule has 3 aromatic rings. The maximum atomic E-state index is 12.3. The number of nitrogens with zero attached hydrogens (tertiary/aromatic N) is 4. The first-order chi connectivity index (χ1) is 14.8. The molecule has 0 atom stereocenters. The smallest absolute Gasteiger partial charge is 0.422 e. The second kappa shape index (κ2) is 9.28. The predicted molar refractivity (Wildman–Crippen MR) is 112 cm³/mol. The third-order valence-electron chi connectivity index (χ3n) is 4.08. The lowest BCUT2D eigenvalue weighted by Gasteiger charge is -2.11. The van der Waals surface area contributed by atoms with Gasteiger partial charge in [-0.2, -0.15) is 18.3 Å². The molecule has 11 heteroatoms. The zero-order valence-corrected chi connectivity index (χ0v) is 16.8. The lowest BCUT2D eigenvalue weighted by atomic mass is 10.1. The summed E-state index contributed by atoms with van der Waals surface area (Å²) in [5.74, 6) is 0.663. The minimum atomic E-state index is -4.42. The van der Waals surface area contributed by atoms with E-state index in [9.17, 15) is 13.2 Å². The summed E-state index contributed by atoms with van der Waals surface area (Å²) in [6.07, 6.45) is 1.76. The standard InChI is InChI=1S/C20H20F3N7O/c1-12(8-24-3)28-19(18-13(2)15(10-26-18)16-6-7-27-30-16)29-17-5-4-14(9-25-17)31-11-20(21,22)23/h4-10,26H,1,11H2,2-3H3,(H,27,30)(H,25,28,29). The summed E-state index contributed by atoms with van der Waals surface area (Å²) in [7, 11) is 1.61. The van der Waals surface area contributed by atoms with Crippen LogP contribution in [-0.4, -0.2) is 52.0 Å². The molecule has 0 bridgehead atoms. The molecule has 3 N–H and O–H groups in total. The number of aliphatic imine (C=N–C) groups is 2. The minimum absolute atomic E-state index is 0.00843. The molecule has 0 spiro atoms. The number of hydrogen-bond acceptors (Lipinski definition) is 5. The van der Waals surface area contributed by atoms with E-state index in [1.54, 1.807) is 13.2 Å². The van der Waals surface area contributed by atoms with Gasteiger partial charge >= 0.3 is 6.18 Å². The molecule has 0 saturated carbocycles. The fourth-order valence-corrected chi connectivity index (χ4v) is 2.72. The van der Waals surface area contributed by atoms with E-state index < -0.39 is 12.8 Å². The van der Waals surface area contributed by atoms with Gasteiger partial charge in [-0.05, 0) is 30.7 Å². The maximum Gasteiger partial charge on any atom is 0.422 e. The first-order valence-corrected chi connectivity index (χ1v) is 9.07. The van der Waals surface area contributed by atoms with Gasteiger partial charge < -0.3 is 15.0 Å². The van der Waals surface area contributed by atoms with Crippen LogP contribution in [-0.2, 0) is 0 Å². The molecule has 0 radical (unpaired) electrons. The highest BCUT2D eigenvalue weighted by Gasteiger charge is 2.28. The van der Waals surface area contributed by atoms with Crippen molar-refractivity contribution in [3.8, 4) is 17.0 Å². The Morgan fingerprint density at radius 1 is 1.32 bits per heavy atom. The fourth-order valence-electron chi connectivity index (χ4n) is 2.72. The van der Waals surface area contributed by atoms with Gasteiger partial charge in [0.2, 0.25) is 0 Å². The van der Waals surface area contributed by atoms with Crippen LogP contribution in [0.2, 0.25) is 0 Å². The van der Waals surface area contributed by atoms with E-state index in [-0.39, 0.29) is 11.6 Å². The lowest BCUT2D eigenvalue weighted by molar-refractivity contribution is -0.153. The molecule has 0 aromatic carbocycles. The van der Waals surface area contributed by atoms with Crippen molar-refractivity contribution >= 4 is 17.9 Å². The van der Waals surface area contributed by atoms with Crippen LogP contribution in [0.4, 0.5) is 19.0 Å². The first-order valence-electron chi connectivity index (χ1n) is 9.07. The highest BCUT2D eigenvalue weighted by atomic mass is 19.4. The summed E-state index contributed by atoms with van der Waals surface area (Å²) in [6, 6.07) is 4.67. The third-order valence-corrected chi connectivity index (χ3v) is 4.08. The van der Waals surface area contributed by atoms with Crippen molar-refractivity contribution in [2.24, 2.45) is 9.98 Å². The fraction of sp³-hybridized carbons (Fsp3) is 0.200. The van der Waals surface area contributed by atoms with Crippen LogP contribution in [0, 0.1) is 6.92 Å². The topological polar surface area (TPSA) is 103 Å². The molecule has 0 aliphatic rings. The summed E-state index contributed by atoms with van der Waals surface area (Å²) in [5.41, 5.74) is 3.79.